The highest BCUT2D eigenvalue weighted by Gasteiger charge is 2.04. The summed E-state index contributed by atoms with van der Waals surface area (Å²) in [5.74, 6) is -0.281. The second-order valence-corrected chi connectivity index (χ2v) is 3.52. The van der Waals surface area contributed by atoms with E-state index in [0.29, 0.717) is 5.56 Å². The number of phenols is 2. The van der Waals surface area contributed by atoms with Gasteiger partial charge in [-0.05, 0) is 18.2 Å². The molecule has 4 nitrogen and oxygen atoms in total. The van der Waals surface area contributed by atoms with Gasteiger partial charge in [-0.3, -0.25) is 0 Å². The molecule has 0 bridgehead atoms. The van der Waals surface area contributed by atoms with Crippen LogP contribution in [0.5, 0.6) is 11.5 Å². The third-order valence-electron chi connectivity index (χ3n) is 2.28. The van der Waals surface area contributed by atoms with Crippen molar-refractivity contribution < 1.29 is 10.2 Å². The van der Waals surface area contributed by atoms with Crippen LogP contribution in [0, 0.1) is 0 Å². The van der Waals surface area contributed by atoms with Crippen molar-refractivity contribution in [3.63, 3.8) is 0 Å². The normalized spacial score (nSPS) is 10.8. The van der Waals surface area contributed by atoms with E-state index in [9.17, 15) is 10.2 Å². The Labute approximate surface area is 98.9 Å². The number of benzene rings is 2. The maximum atomic E-state index is 9.54. The smallest absolute Gasteiger partial charge is 0.162 e. The number of azo groups is 1. The highest BCUT2D eigenvalue weighted by atomic mass is 16.3. The Morgan fingerprint density at radius 3 is 2.41 bits per heavy atom. The van der Waals surface area contributed by atoms with E-state index >= 15 is 0 Å². The third-order valence-corrected chi connectivity index (χ3v) is 2.28. The van der Waals surface area contributed by atoms with E-state index in [2.05, 4.69) is 10.2 Å². The summed E-state index contributed by atoms with van der Waals surface area (Å²) in [4.78, 5) is 0. The van der Waals surface area contributed by atoms with Crippen molar-refractivity contribution in [2.45, 2.75) is 6.54 Å². The van der Waals surface area contributed by atoms with Crippen molar-refractivity contribution in [3.8, 4) is 11.5 Å². The molecule has 0 aliphatic rings. The monoisotopic (exact) mass is 228 g/mol. The van der Waals surface area contributed by atoms with Gasteiger partial charge in [-0.25, -0.2) is 0 Å². The van der Waals surface area contributed by atoms with Crippen molar-refractivity contribution in [1.82, 2.24) is 0 Å². The van der Waals surface area contributed by atoms with Gasteiger partial charge in [-0.1, -0.05) is 30.3 Å². The first-order valence-corrected chi connectivity index (χ1v) is 5.20. The molecule has 0 atom stereocenters. The van der Waals surface area contributed by atoms with Gasteiger partial charge in [0, 0.05) is 5.56 Å². The molecular formula is C13H12N2O2. The topological polar surface area (TPSA) is 65.2 Å². The van der Waals surface area contributed by atoms with Crippen LogP contribution < -0.4 is 0 Å². The minimum Gasteiger partial charge on any atom is -0.504 e. The van der Waals surface area contributed by atoms with Gasteiger partial charge in [0.15, 0.2) is 11.5 Å². The zero-order valence-electron chi connectivity index (χ0n) is 9.11. The van der Waals surface area contributed by atoms with E-state index < -0.39 is 0 Å². The van der Waals surface area contributed by atoms with E-state index in [-0.39, 0.29) is 18.0 Å². The predicted molar refractivity (Wildman–Crippen MR) is 64.4 cm³/mol. The van der Waals surface area contributed by atoms with Gasteiger partial charge in [0.05, 0.1) is 12.2 Å². The lowest BCUT2D eigenvalue weighted by molar-refractivity contribution is 0.399. The molecule has 0 aliphatic carbocycles. The van der Waals surface area contributed by atoms with Crippen molar-refractivity contribution in [1.29, 1.82) is 0 Å². The minimum absolute atomic E-state index is 0.139. The van der Waals surface area contributed by atoms with Crippen LogP contribution in [-0.4, -0.2) is 10.2 Å². The number of para-hydroxylation sites is 1. The molecule has 0 aromatic heterocycles. The molecule has 0 aliphatic heterocycles. The summed E-state index contributed by atoms with van der Waals surface area (Å²) in [7, 11) is 0. The first-order valence-electron chi connectivity index (χ1n) is 5.20. The van der Waals surface area contributed by atoms with Crippen LogP contribution in [0.3, 0.4) is 0 Å². The minimum atomic E-state index is -0.141. The van der Waals surface area contributed by atoms with Crippen LogP contribution in [0.15, 0.2) is 58.8 Å². The first-order chi connectivity index (χ1) is 8.27. The van der Waals surface area contributed by atoms with E-state index in [4.69, 9.17) is 0 Å². The molecule has 2 aromatic rings. The fourth-order valence-electron chi connectivity index (χ4n) is 1.39. The predicted octanol–water partition coefficient (Wildman–Crippen LogP) is 3.38. The van der Waals surface area contributed by atoms with Crippen LogP contribution in [-0.2, 0) is 6.54 Å². The van der Waals surface area contributed by atoms with Crippen LogP contribution in [0.4, 0.5) is 5.69 Å². The van der Waals surface area contributed by atoms with Gasteiger partial charge in [-0.15, -0.1) is 0 Å². The summed E-state index contributed by atoms with van der Waals surface area (Å²) < 4.78 is 0. The molecule has 0 unspecified atom stereocenters. The summed E-state index contributed by atoms with van der Waals surface area (Å²) in [6.45, 7) is 0.231. The molecule has 2 N–H and O–H groups in total. The molecule has 4 heteroatoms. The van der Waals surface area contributed by atoms with Crippen molar-refractivity contribution in [2.24, 2.45) is 10.2 Å². The van der Waals surface area contributed by atoms with Crippen molar-refractivity contribution in [3.05, 3.63) is 54.1 Å². The molecule has 2 rings (SSSR count). The molecule has 0 amide bonds. The van der Waals surface area contributed by atoms with Crippen LogP contribution in [0.25, 0.3) is 0 Å². The van der Waals surface area contributed by atoms with Gasteiger partial charge in [0.1, 0.15) is 0 Å². The number of nitrogens with zero attached hydrogens (tertiary/aromatic N) is 2. The maximum absolute atomic E-state index is 9.54. The molecule has 0 saturated heterocycles. The Kier molecular flexibility index (Phi) is 3.35. The Morgan fingerprint density at radius 2 is 1.65 bits per heavy atom. The van der Waals surface area contributed by atoms with Crippen molar-refractivity contribution in [2.75, 3.05) is 0 Å². The molecule has 0 fully saturated rings. The SMILES string of the molecule is Oc1cccc(CN=Nc2ccccc2)c1O. The van der Waals surface area contributed by atoms with Gasteiger partial charge >= 0.3 is 0 Å². The van der Waals surface area contributed by atoms with E-state index in [1.54, 1.807) is 12.1 Å². The number of aromatic hydroxyl groups is 2. The lowest BCUT2D eigenvalue weighted by Gasteiger charge is -2.01. The molecule has 0 radical (unpaired) electrons. The number of rotatable bonds is 3. The fraction of sp³-hybridized carbons (Fsp3) is 0.0769. The zero-order chi connectivity index (χ0) is 12.1. The van der Waals surface area contributed by atoms with Gasteiger partial charge in [-0.2, -0.15) is 10.2 Å². The molecule has 0 spiro atoms. The maximum Gasteiger partial charge on any atom is 0.162 e. The van der Waals surface area contributed by atoms with Gasteiger partial charge < -0.3 is 10.2 Å². The molecule has 17 heavy (non-hydrogen) atoms. The summed E-state index contributed by atoms with van der Waals surface area (Å²) in [5.41, 5.74) is 1.30. The van der Waals surface area contributed by atoms with Crippen LogP contribution in [0.2, 0.25) is 0 Å². The molecule has 0 saturated carbocycles. The van der Waals surface area contributed by atoms with Crippen LogP contribution >= 0.6 is 0 Å². The van der Waals surface area contributed by atoms with Crippen LogP contribution in [0.1, 0.15) is 5.56 Å². The molecule has 86 valence electrons. The Bertz CT molecular complexity index is 524. The highest BCUT2D eigenvalue weighted by Crippen LogP contribution is 2.28. The summed E-state index contributed by atoms with van der Waals surface area (Å²) in [6.07, 6.45) is 0. The fourth-order valence-corrected chi connectivity index (χ4v) is 1.39. The molecular weight excluding hydrogens is 216 g/mol. The van der Waals surface area contributed by atoms with E-state index in [1.807, 2.05) is 30.3 Å². The summed E-state index contributed by atoms with van der Waals surface area (Å²) in [5, 5.41) is 26.8. The first kappa shape index (κ1) is 11.1. The third kappa shape index (κ3) is 2.81. The van der Waals surface area contributed by atoms with Gasteiger partial charge in [0.25, 0.3) is 0 Å². The average molecular weight is 228 g/mol. The van der Waals surface area contributed by atoms with E-state index in [0.717, 1.165) is 5.69 Å². The number of hydrogen-bond acceptors (Lipinski definition) is 4. The standard InChI is InChI=1S/C13H12N2O2/c16-12-8-4-5-10(13(12)17)9-14-15-11-6-2-1-3-7-11/h1-8,16-17H,9H2. The van der Waals surface area contributed by atoms with Crippen molar-refractivity contribution >= 4 is 5.69 Å². The summed E-state index contributed by atoms with van der Waals surface area (Å²) >= 11 is 0. The second-order valence-electron chi connectivity index (χ2n) is 3.52. The number of hydrogen-bond donors (Lipinski definition) is 2. The highest BCUT2D eigenvalue weighted by molar-refractivity contribution is 5.44. The Morgan fingerprint density at radius 1 is 0.882 bits per heavy atom. The zero-order valence-corrected chi connectivity index (χ0v) is 9.11. The average Bonchev–Trinajstić information content (AvgIpc) is 2.36. The quantitative estimate of drug-likeness (QED) is 0.624. The van der Waals surface area contributed by atoms with E-state index in [1.165, 1.54) is 6.07 Å². The number of phenolic OH excluding ortho intramolecular Hbond substituents is 2. The lowest BCUT2D eigenvalue weighted by atomic mass is 10.2. The molecule has 2 aromatic carbocycles. The Hall–Kier alpha value is -2.36. The second kappa shape index (κ2) is 5.12. The Balaban J connectivity index is 2.08. The largest absolute Gasteiger partial charge is 0.504 e. The summed E-state index contributed by atoms with van der Waals surface area (Å²) in [6, 6.07) is 14.1. The lowest BCUT2D eigenvalue weighted by Crippen LogP contribution is -1.81. The van der Waals surface area contributed by atoms with Gasteiger partial charge in [0.2, 0.25) is 0 Å². The molecule has 0 heterocycles.